The lowest BCUT2D eigenvalue weighted by Crippen LogP contribution is -2.58. The van der Waals surface area contributed by atoms with Crippen LogP contribution in [0.1, 0.15) is 12.6 Å². The quantitative estimate of drug-likeness (QED) is 0.181. The van der Waals surface area contributed by atoms with Crippen molar-refractivity contribution >= 4 is 48.9 Å². The number of nitrogens with two attached hydrogens (primary N) is 1. The summed E-state index contributed by atoms with van der Waals surface area (Å²) < 4.78 is 0. The third kappa shape index (κ3) is 7.40. The lowest BCUT2D eigenvalue weighted by molar-refractivity contribution is -0.141. The summed E-state index contributed by atoms with van der Waals surface area (Å²) in [6, 6.07) is -4.20. The third-order valence-electron chi connectivity index (χ3n) is 3.64. The maximum absolute atomic E-state index is 12.5. The second-order valence-corrected chi connectivity index (χ2v) is 6.69. The number of aromatic amines is 1. The van der Waals surface area contributed by atoms with Crippen LogP contribution >= 0.6 is 25.3 Å². The summed E-state index contributed by atoms with van der Waals surface area (Å²) in [5.74, 6) is -3.36. The second kappa shape index (κ2) is 11.6. The van der Waals surface area contributed by atoms with E-state index in [0.717, 1.165) is 0 Å². The topological polar surface area (TPSA) is 179 Å². The molecule has 0 aliphatic rings. The first-order chi connectivity index (χ1) is 13.2. The van der Waals surface area contributed by atoms with Crippen LogP contribution in [-0.4, -0.2) is 74.4 Å². The molecule has 0 aliphatic heterocycles. The van der Waals surface area contributed by atoms with Gasteiger partial charge in [-0.2, -0.15) is 25.3 Å². The van der Waals surface area contributed by atoms with E-state index in [0.29, 0.717) is 5.69 Å². The number of amides is 3. The van der Waals surface area contributed by atoms with Crippen molar-refractivity contribution in [3.63, 3.8) is 0 Å². The minimum atomic E-state index is -1.26. The Morgan fingerprint density at radius 1 is 1.07 bits per heavy atom. The molecule has 7 N–H and O–H groups in total. The Balaban J connectivity index is 2.91. The number of aliphatic carboxylic acids is 1. The molecule has 0 radical (unpaired) electrons. The Morgan fingerprint density at radius 2 is 1.61 bits per heavy atom. The lowest BCUT2D eigenvalue weighted by atomic mass is 10.1. The average Bonchev–Trinajstić information content (AvgIpc) is 3.15. The minimum Gasteiger partial charge on any atom is -0.480 e. The second-order valence-electron chi connectivity index (χ2n) is 5.96. The molecule has 0 fully saturated rings. The van der Waals surface area contributed by atoms with Crippen LogP contribution in [0.4, 0.5) is 0 Å². The van der Waals surface area contributed by atoms with Crippen molar-refractivity contribution < 1.29 is 24.3 Å². The SMILES string of the molecule is CC(N)C(=O)NC(CS)C(=O)NC(Cc1cnc[nH]1)C(=O)NC(CS)C(=O)O. The summed E-state index contributed by atoms with van der Waals surface area (Å²) in [4.78, 5) is 54.6. The fraction of sp³-hybridized carbons (Fsp3) is 0.533. The highest BCUT2D eigenvalue weighted by Crippen LogP contribution is 2.02. The van der Waals surface area contributed by atoms with Crippen LogP contribution in [0, 0.1) is 0 Å². The van der Waals surface area contributed by atoms with Crippen LogP contribution < -0.4 is 21.7 Å². The van der Waals surface area contributed by atoms with Gasteiger partial charge < -0.3 is 31.8 Å². The molecule has 1 aromatic rings. The van der Waals surface area contributed by atoms with E-state index < -0.39 is 47.9 Å². The Morgan fingerprint density at radius 3 is 2.07 bits per heavy atom. The molecule has 0 bridgehead atoms. The van der Waals surface area contributed by atoms with Gasteiger partial charge in [0.05, 0.1) is 12.4 Å². The maximum atomic E-state index is 12.5. The molecule has 0 aliphatic carbocycles. The lowest BCUT2D eigenvalue weighted by Gasteiger charge is -2.23. The first-order valence-electron chi connectivity index (χ1n) is 8.28. The minimum absolute atomic E-state index is 0.0248. The normalized spacial score (nSPS) is 15.0. The Hall–Kier alpha value is -2.25. The molecule has 0 aromatic carbocycles. The van der Waals surface area contributed by atoms with Crippen LogP contribution in [0.15, 0.2) is 12.5 Å². The maximum Gasteiger partial charge on any atom is 0.327 e. The van der Waals surface area contributed by atoms with Crippen molar-refractivity contribution in [3.8, 4) is 0 Å². The number of hydrogen-bond donors (Lipinski definition) is 8. The average molecular weight is 433 g/mol. The van der Waals surface area contributed by atoms with Crippen LogP contribution in [0.2, 0.25) is 0 Å². The van der Waals surface area contributed by atoms with Crippen molar-refractivity contribution in [3.05, 3.63) is 18.2 Å². The molecule has 4 unspecified atom stereocenters. The Labute approximate surface area is 172 Å². The third-order valence-corrected chi connectivity index (χ3v) is 4.37. The van der Waals surface area contributed by atoms with E-state index >= 15 is 0 Å². The van der Waals surface area contributed by atoms with Gasteiger partial charge in [-0.25, -0.2) is 9.78 Å². The van der Waals surface area contributed by atoms with Crippen molar-refractivity contribution in [2.45, 2.75) is 37.5 Å². The van der Waals surface area contributed by atoms with E-state index in [1.807, 2.05) is 0 Å². The summed E-state index contributed by atoms with van der Waals surface area (Å²) in [6.07, 6.45) is 2.89. The molecule has 11 nitrogen and oxygen atoms in total. The zero-order chi connectivity index (χ0) is 21.3. The van der Waals surface area contributed by atoms with Gasteiger partial charge in [0.25, 0.3) is 0 Å². The van der Waals surface area contributed by atoms with Gasteiger partial charge in [0.1, 0.15) is 18.1 Å². The van der Waals surface area contributed by atoms with Crippen LogP contribution in [0.5, 0.6) is 0 Å². The largest absolute Gasteiger partial charge is 0.480 e. The number of carbonyl (C=O) groups is 4. The van der Waals surface area contributed by atoms with E-state index in [9.17, 15) is 19.2 Å². The van der Waals surface area contributed by atoms with Gasteiger partial charge in [-0.1, -0.05) is 0 Å². The fourth-order valence-electron chi connectivity index (χ4n) is 2.05. The van der Waals surface area contributed by atoms with E-state index in [2.05, 4.69) is 51.2 Å². The number of aromatic nitrogens is 2. The monoisotopic (exact) mass is 432 g/mol. The van der Waals surface area contributed by atoms with Gasteiger partial charge in [0.2, 0.25) is 17.7 Å². The summed E-state index contributed by atoms with van der Waals surface area (Å²) in [5, 5.41) is 16.3. The molecule has 0 saturated carbocycles. The van der Waals surface area contributed by atoms with E-state index in [-0.39, 0.29) is 17.9 Å². The standard InChI is InChI=1S/C15H24N6O5S2/c1-7(16)12(22)20-10(4-27)14(24)19-9(2-8-3-17-6-18-8)13(23)21-11(5-28)15(25)26/h3,6-7,9-11,27-28H,2,4-5,16H2,1H3,(H,17,18)(H,19,24)(H,20,22)(H,21,23)(H,25,26). The number of nitrogens with one attached hydrogen (secondary N) is 4. The van der Waals surface area contributed by atoms with E-state index in [1.54, 1.807) is 0 Å². The number of carbonyl (C=O) groups excluding carboxylic acids is 3. The molecule has 3 amide bonds. The summed E-state index contributed by atoms with van der Waals surface area (Å²) in [5.41, 5.74) is 6.01. The molecule has 1 rings (SSSR count). The van der Waals surface area contributed by atoms with Crippen molar-refractivity contribution in [2.75, 3.05) is 11.5 Å². The van der Waals surface area contributed by atoms with Crippen molar-refractivity contribution in [2.24, 2.45) is 5.73 Å². The number of rotatable bonds is 11. The Kier molecular flexibility index (Phi) is 9.82. The molecular weight excluding hydrogens is 408 g/mol. The first-order valence-corrected chi connectivity index (χ1v) is 9.54. The Bertz CT molecular complexity index is 684. The van der Waals surface area contributed by atoms with E-state index in [4.69, 9.17) is 10.8 Å². The number of carboxylic acid groups (broad SMARTS) is 1. The number of carboxylic acids is 1. The predicted octanol–water partition coefficient (Wildman–Crippen LogP) is -2.30. The molecule has 28 heavy (non-hydrogen) atoms. The van der Waals surface area contributed by atoms with Gasteiger partial charge in [-0.05, 0) is 6.92 Å². The summed E-state index contributed by atoms with van der Waals surface area (Å²) in [7, 11) is 0. The molecular formula is C15H24N6O5S2. The number of nitrogens with zero attached hydrogens (tertiary/aromatic N) is 1. The van der Waals surface area contributed by atoms with Gasteiger partial charge in [-0.15, -0.1) is 0 Å². The predicted molar refractivity (Wildman–Crippen MR) is 107 cm³/mol. The molecule has 13 heteroatoms. The van der Waals surface area contributed by atoms with Gasteiger partial charge in [0, 0.05) is 29.8 Å². The number of thiol groups is 2. The fourth-order valence-corrected chi connectivity index (χ4v) is 2.56. The highest BCUT2D eigenvalue weighted by Gasteiger charge is 2.29. The van der Waals surface area contributed by atoms with Gasteiger partial charge in [-0.3, -0.25) is 14.4 Å². The number of imidazole rings is 1. The molecule has 0 saturated heterocycles. The zero-order valence-corrected chi connectivity index (χ0v) is 16.9. The van der Waals surface area contributed by atoms with E-state index in [1.165, 1.54) is 19.4 Å². The number of hydrogen-bond acceptors (Lipinski definition) is 8. The van der Waals surface area contributed by atoms with Crippen LogP contribution in [0.3, 0.4) is 0 Å². The smallest absolute Gasteiger partial charge is 0.327 e. The van der Waals surface area contributed by atoms with Crippen LogP contribution in [0.25, 0.3) is 0 Å². The molecule has 1 aromatic heterocycles. The highest BCUT2D eigenvalue weighted by atomic mass is 32.1. The van der Waals surface area contributed by atoms with Gasteiger partial charge >= 0.3 is 5.97 Å². The van der Waals surface area contributed by atoms with Crippen molar-refractivity contribution in [1.82, 2.24) is 25.9 Å². The van der Waals surface area contributed by atoms with Crippen LogP contribution in [-0.2, 0) is 25.6 Å². The zero-order valence-electron chi connectivity index (χ0n) is 15.1. The molecule has 0 spiro atoms. The summed E-state index contributed by atoms with van der Waals surface area (Å²) in [6.45, 7) is 1.46. The highest BCUT2D eigenvalue weighted by molar-refractivity contribution is 7.80. The number of H-pyrrole nitrogens is 1. The first kappa shape index (κ1) is 23.8. The molecule has 156 valence electrons. The molecule has 4 atom stereocenters. The summed E-state index contributed by atoms with van der Waals surface area (Å²) >= 11 is 7.93. The molecule has 1 heterocycles. The van der Waals surface area contributed by atoms with Crippen molar-refractivity contribution in [1.29, 1.82) is 0 Å². The van der Waals surface area contributed by atoms with Gasteiger partial charge in [0.15, 0.2) is 0 Å².